The fourth-order valence-corrected chi connectivity index (χ4v) is 5.46. The van der Waals surface area contributed by atoms with E-state index in [1.165, 1.54) is 43.4 Å². The molecule has 1 spiro atoms. The number of halogens is 1. The van der Waals surface area contributed by atoms with E-state index in [0.29, 0.717) is 0 Å². The number of aromatic nitrogens is 2. The molecule has 1 saturated carbocycles. The van der Waals surface area contributed by atoms with Gasteiger partial charge in [-0.2, -0.15) is 5.10 Å². The summed E-state index contributed by atoms with van der Waals surface area (Å²) in [7, 11) is 0. The van der Waals surface area contributed by atoms with E-state index in [0.717, 1.165) is 63.1 Å². The number of carbonyl (C=O) groups is 1. The average Bonchev–Trinajstić information content (AvgIpc) is 3.32. The molecule has 1 aromatic heterocycles. The zero-order chi connectivity index (χ0) is 22.0. The molecule has 1 aromatic carbocycles. The predicted octanol–water partition coefficient (Wildman–Crippen LogP) is 4.62. The van der Waals surface area contributed by atoms with E-state index in [1.54, 1.807) is 16.8 Å². The Labute approximate surface area is 189 Å². The van der Waals surface area contributed by atoms with E-state index < -0.39 is 0 Å². The summed E-state index contributed by atoms with van der Waals surface area (Å²) < 4.78 is 14.9. The molecule has 3 aliphatic rings. The van der Waals surface area contributed by atoms with Gasteiger partial charge in [0, 0.05) is 30.8 Å². The minimum Gasteiger partial charge on any atom is -0.356 e. The Morgan fingerprint density at radius 3 is 2.75 bits per heavy atom. The van der Waals surface area contributed by atoms with Gasteiger partial charge in [-0.1, -0.05) is 11.6 Å². The van der Waals surface area contributed by atoms with Crippen molar-refractivity contribution in [2.75, 3.05) is 19.6 Å². The maximum Gasteiger partial charge on any atom is 0.223 e. The summed E-state index contributed by atoms with van der Waals surface area (Å²) in [6.45, 7) is 3.71. The quantitative estimate of drug-likeness (QED) is 0.645. The minimum atomic E-state index is -0.239. The maximum atomic E-state index is 13.1. The fourth-order valence-electron chi connectivity index (χ4n) is 5.46. The Hall–Kier alpha value is -2.47. The van der Waals surface area contributed by atoms with Crippen LogP contribution in [0.15, 0.2) is 48.3 Å². The van der Waals surface area contributed by atoms with Crippen LogP contribution in [0.2, 0.25) is 0 Å². The lowest BCUT2D eigenvalue weighted by molar-refractivity contribution is -0.123. The van der Waals surface area contributed by atoms with Crippen molar-refractivity contribution in [3.05, 3.63) is 59.7 Å². The maximum absolute atomic E-state index is 13.1. The Morgan fingerprint density at radius 2 is 2.00 bits per heavy atom. The number of allylic oxidation sites excluding steroid dienone is 1. The first kappa shape index (κ1) is 21.4. The molecule has 1 atom stereocenters. The van der Waals surface area contributed by atoms with Gasteiger partial charge < -0.3 is 5.32 Å². The molecule has 5 rings (SSSR count). The third-order valence-corrected chi connectivity index (χ3v) is 7.62. The number of nitrogens with one attached hydrogen (secondary N) is 1. The van der Waals surface area contributed by atoms with Crippen molar-refractivity contribution in [3.8, 4) is 5.69 Å². The molecule has 32 heavy (non-hydrogen) atoms. The van der Waals surface area contributed by atoms with Gasteiger partial charge in [-0.15, -0.1) is 0 Å². The smallest absolute Gasteiger partial charge is 0.223 e. The standard InChI is InChI=1S/C26H33FN4O/c27-22-6-8-23(9-7-22)31-19-21(17-29-31)18-30-14-11-26(12-15-30)16-24(26)25(32)28-13-10-20-4-2-1-3-5-20/h4,6-9,17,19,24H,1-3,5,10-16,18H2,(H,28,32). The molecule has 1 unspecified atom stereocenters. The summed E-state index contributed by atoms with van der Waals surface area (Å²) in [6.07, 6.45) is 15.6. The number of nitrogens with zero attached hydrogens (tertiary/aromatic N) is 3. The fraction of sp³-hybridized carbons (Fsp3) is 0.538. The highest BCUT2D eigenvalue weighted by atomic mass is 19.1. The van der Waals surface area contributed by atoms with Crippen molar-refractivity contribution in [2.24, 2.45) is 11.3 Å². The van der Waals surface area contributed by atoms with Gasteiger partial charge in [0.15, 0.2) is 0 Å². The molecular formula is C26H33FN4O. The molecule has 5 nitrogen and oxygen atoms in total. The van der Waals surface area contributed by atoms with Crippen LogP contribution in [0.4, 0.5) is 4.39 Å². The van der Waals surface area contributed by atoms with Crippen molar-refractivity contribution in [1.29, 1.82) is 0 Å². The molecule has 1 amide bonds. The second-order valence-electron chi connectivity index (χ2n) is 9.81. The first-order valence-electron chi connectivity index (χ1n) is 12.1. The highest BCUT2D eigenvalue weighted by molar-refractivity contribution is 5.82. The number of hydrogen-bond acceptors (Lipinski definition) is 3. The van der Waals surface area contributed by atoms with Gasteiger partial charge in [-0.05, 0) is 94.1 Å². The van der Waals surface area contributed by atoms with Crippen LogP contribution < -0.4 is 5.32 Å². The van der Waals surface area contributed by atoms with E-state index in [-0.39, 0.29) is 23.1 Å². The van der Waals surface area contributed by atoms with Crippen LogP contribution in [0.5, 0.6) is 0 Å². The van der Waals surface area contributed by atoms with E-state index >= 15 is 0 Å². The summed E-state index contributed by atoms with van der Waals surface area (Å²) >= 11 is 0. The van der Waals surface area contributed by atoms with Crippen LogP contribution in [0, 0.1) is 17.2 Å². The summed E-state index contributed by atoms with van der Waals surface area (Å²) in [6, 6.07) is 6.38. The average molecular weight is 437 g/mol. The highest BCUT2D eigenvalue weighted by Gasteiger charge is 2.58. The molecule has 6 heteroatoms. The van der Waals surface area contributed by atoms with Gasteiger partial charge in [0.1, 0.15) is 5.82 Å². The molecule has 2 aromatic rings. The number of amides is 1. The highest BCUT2D eigenvalue weighted by Crippen LogP contribution is 2.59. The van der Waals surface area contributed by atoms with Crippen LogP contribution in [0.1, 0.15) is 56.9 Å². The number of rotatable bonds is 7. The van der Waals surface area contributed by atoms with Gasteiger partial charge in [-0.3, -0.25) is 9.69 Å². The number of hydrogen-bond donors (Lipinski definition) is 1. The van der Waals surface area contributed by atoms with Crippen LogP contribution in [-0.4, -0.2) is 40.2 Å². The van der Waals surface area contributed by atoms with E-state index in [1.807, 2.05) is 12.4 Å². The summed E-state index contributed by atoms with van der Waals surface area (Å²) in [5.74, 6) is 0.249. The molecule has 1 N–H and O–H groups in total. The summed E-state index contributed by atoms with van der Waals surface area (Å²) in [5, 5.41) is 7.64. The molecule has 0 bridgehead atoms. The van der Waals surface area contributed by atoms with Crippen molar-refractivity contribution in [2.45, 2.75) is 57.9 Å². The third-order valence-electron chi connectivity index (χ3n) is 7.62. The van der Waals surface area contributed by atoms with Crippen molar-refractivity contribution in [3.63, 3.8) is 0 Å². The van der Waals surface area contributed by atoms with Crippen molar-refractivity contribution < 1.29 is 9.18 Å². The van der Waals surface area contributed by atoms with Gasteiger partial charge in [0.25, 0.3) is 0 Å². The van der Waals surface area contributed by atoms with Gasteiger partial charge in [0.2, 0.25) is 5.91 Å². The molecule has 2 fully saturated rings. The number of likely N-dealkylation sites (tertiary alicyclic amines) is 1. The monoisotopic (exact) mass is 436 g/mol. The summed E-state index contributed by atoms with van der Waals surface area (Å²) in [5.41, 5.74) is 3.79. The second-order valence-corrected chi connectivity index (χ2v) is 9.81. The molecule has 1 saturated heterocycles. The molecule has 0 radical (unpaired) electrons. The molecule has 1 aliphatic heterocycles. The molecular weight excluding hydrogens is 403 g/mol. The largest absolute Gasteiger partial charge is 0.356 e. The Kier molecular flexibility index (Phi) is 6.13. The molecule has 170 valence electrons. The Balaban J connectivity index is 1.06. The molecule has 2 aliphatic carbocycles. The Bertz CT molecular complexity index is 972. The Morgan fingerprint density at radius 1 is 1.19 bits per heavy atom. The second kappa shape index (κ2) is 9.18. The van der Waals surface area contributed by atoms with Crippen LogP contribution >= 0.6 is 0 Å². The van der Waals surface area contributed by atoms with E-state index in [9.17, 15) is 9.18 Å². The lowest BCUT2D eigenvalue weighted by Gasteiger charge is -2.32. The predicted molar refractivity (Wildman–Crippen MR) is 123 cm³/mol. The third kappa shape index (κ3) is 4.80. The van der Waals surface area contributed by atoms with Crippen LogP contribution in [-0.2, 0) is 11.3 Å². The summed E-state index contributed by atoms with van der Waals surface area (Å²) in [4.78, 5) is 15.1. The topological polar surface area (TPSA) is 50.2 Å². The number of piperidine rings is 1. The zero-order valence-corrected chi connectivity index (χ0v) is 18.7. The van der Waals surface area contributed by atoms with Crippen molar-refractivity contribution >= 4 is 5.91 Å². The minimum absolute atomic E-state index is 0.214. The van der Waals surface area contributed by atoms with Crippen LogP contribution in [0.3, 0.4) is 0 Å². The lowest BCUT2D eigenvalue weighted by atomic mass is 9.90. The molecule has 2 heterocycles. The number of benzene rings is 1. The van der Waals surface area contributed by atoms with Gasteiger partial charge >= 0.3 is 0 Å². The van der Waals surface area contributed by atoms with Crippen molar-refractivity contribution in [1.82, 2.24) is 20.0 Å². The van der Waals surface area contributed by atoms with Gasteiger partial charge in [-0.25, -0.2) is 9.07 Å². The first-order chi connectivity index (χ1) is 15.6. The lowest BCUT2D eigenvalue weighted by Crippen LogP contribution is -2.36. The zero-order valence-electron chi connectivity index (χ0n) is 18.7. The number of carbonyl (C=O) groups excluding carboxylic acids is 1. The normalized spacial score (nSPS) is 22.5. The SMILES string of the molecule is O=C(NCCC1=CCCCC1)C1CC12CCN(Cc1cnn(-c3ccc(F)cc3)c1)CC2. The van der Waals surface area contributed by atoms with E-state index in [2.05, 4.69) is 21.4 Å². The van der Waals surface area contributed by atoms with Gasteiger partial charge in [0.05, 0.1) is 11.9 Å². The van der Waals surface area contributed by atoms with E-state index in [4.69, 9.17) is 0 Å². The first-order valence-corrected chi connectivity index (χ1v) is 12.1. The van der Waals surface area contributed by atoms with Crippen LogP contribution in [0.25, 0.3) is 5.69 Å².